The van der Waals surface area contributed by atoms with Crippen molar-refractivity contribution in [2.24, 2.45) is 10.9 Å². The molecule has 0 spiro atoms. The van der Waals surface area contributed by atoms with Gasteiger partial charge in [-0.1, -0.05) is 0 Å². The quantitative estimate of drug-likeness (QED) is 0.518. The topological polar surface area (TPSA) is 47.6 Å². The Morgan fingerprint density at radius 1 is 1.44 bits per heavy atom. The summed E-state index contributed by atoms with van der Waals surface area (Å²) < 4.78 is 43.2. The molecule has 3 nitrogen and oxygen atoms in total. The van der Waals surface area contributed by atoms with E-state index in [2.05, 4.69) is 21.0 Å². The van der Waals surface area contributed by atoms with Gasteiger partial charge in [0.25, 0.3) is 0 Å². The van der Waals surface area contributed by atoms with Crippen molar-refractivity contribution in [3.63, 3.8) is 0 Å². The van der Waals surface area contributed by atoms with Crippen LogP contribution in [0.15, 0.2) is 21.7 Å². The summed E-state index contributed by atoms with van der Waals surface area (Å²) in [6.07, 6.45) is -3.57. The molecule has 0 aliphatic rings. The Hall–Kier alpha value is -1.24. The standard InChI is InChI=1S/C9H8BrF3N2O/c1-16-8-5(4-15-14)6(9(11,12)13)2-3-7(8)10/h2-4H,14H2,1H3. The lowest BCUT2D eigenvalue weighted by atomic mass is 10.1. The molecule has 0 saturated heterocycles. The summed E-state index contributed by atoms with van der Waals surface area (Å²) in [5.41, 5.74) is -1.05. The van der Waals surface area contributed by atoms with Gasteiger partial charge in [-0.05, 0) is 28.1 Å². The summed E-state index contributed by atoms with van der Waals surface area (Å²) in [6, 6.07) is 2.19. The number of alkyl halides is 3. The molecule has 1 aromatic carbocycles. The van der Waals surface area contributed by atoms with Crippen molar-refractivity contribution in [1.29, 1.82) is 0 Å². The number of methoxy groups -OCH3 is 1. The second-order valence-corrected chi connectivity index (χ2v) is 3.67. The molecule has 1 aromatic rings. The van der Waals surface area contributed by atoms with Gasteiger partial charge in [-0.3, -0.25) is 0 Å². The van der Waals surface area contributed by atoms with Crippen molar-refractivity contribution in [3.8, 4) is 5.75 Å². The van der Waals surface area contributed by atoms with Crippen LogP contribution in [-0.4, -0.2) is 13.3 Å². The molecule has 0 heterocycles. The number of hydrogen-bond acceptors (Lipinski definition) is 3. The number of ether oxygens (including phenoxy) is 1. The predicted octanol–water partition coefficient (Wildman–Crippen LogP) is 2.77. The minimum absolute atomic E-state index is 0.0454. The van der Waals surface area contributed by atoms with Crippen LogP contribution in [0, 0.1) is 0 Å². The van der Waals surface area contributed by atoms with Crippen LogP contribution in [0.2, 0.25) is 0 Å². The highest BCUT2D eigenvalue weighted by atomic mass is 79.9. The van der Waals surface area contributed by atoms with Gasteiger partial charge in [0.1, 0.15) is 5.75 Å². The fourth-order valence-corrected chi connectivity index (χ4v) is 1.74. The van der Waals surface area contributed by atoms with Crippen LogP contribution < -0.4 is 10.6 Å². The third-order valence-electron chi connectivity index (χ3n) is 1.86. The summed E-state index contributed by atoms with van der Waals surface area (Å²) >= 11 is 3.08. The number of hydrogen-bond donors (Lipinski definition) is 1. The highest BCUT2D eigenvalue weighted by molar-refractivity contribution is 9.10. The molecule has 0 amide bonds. The van der Waals surface area contributed by atoms with Crippen molar-refractivity contribution in [1.82, 2.24) is 0 Å². The Morgan fingerprint density at radius 3 is 2.50 bits per heavy atom. The van der Waals surface area contributed by atoms with Crippen LogP contribution in [-0.2, 0) is 6.18 Å². The normalized spacial score (nSPS) is 12.1. The SMILES string of the molecule is COc1c(Br)ccc(C(F)(F)F)c1C=NN. The molecule has 0 fully saturated rings. The van der Waals surface area contributed by atoms with Crippen molar-refractivity contribution in [3.05, 3.63) is 27.7 Å². The molecule has 0 radical (unpaired) electrons. The van der Waals surface area contributed by atoms with Crippen molar-refractivity contribution < 1.29 is 17.9 Å². The highest BCUT2D eigenvalue weighted by Gasteiger charge is 2.34. The highest BCUT2D eigenvalue weighted by Crippen LogP contribution is 2.38. The van der Waals surface area contributed by atoms with Gasteiger partial charge in [-0.15, -0.1) is 0 Å². The van der Waals surface area contributed by atoms with Crippen LogP contribution in [0.5, 0.6) is 5.75 Å². The van der Waals surface area contributed by atoms with E-state index in [1.54, 1.807) is 0 Å². The molecule has 16 heavy (non-hydrogen) atoms. The van der Waals surface area contributed by atoms with E-state index in [9.17, 15) is 13.2 Å². The summed E-state index contributed by atoms with van der Waals surface area (Å²) in [5, 5.41) is 3.10. The maximum atomic E-state index is 12.6. The van der Waals surface area contributed by atoms with Crippen molar-refractivity contribution in [2.75, 3.05) is 7.11 Å². The van der Waals surface area contributed by atoms with E-state index >= 15 is 0 Å². The van der Waals surface area contributed by atoms with Gasteiger partial charge in [0.05, 0.1) is 23.4 Å². The molecule has 0 aromatic heterocycles. The number of benzene rings is 1. The molecule has 88 valence electrons. The Morgan fingerprint density at radius 2 is 2.06 bits per heavy atom. The molecule has 0 unspecified atom stereocenters. The first kappa shape index (κ1) is 12.8. The summed E-state index contributed by atoms with van der Waals surface area (Å²) in [7, 11) is 1.27. The van der Waals surface area contributed by atoms with E-state index in [4.69, 9.17) is 10.6 Å². The largest absolute Gasteiger partial charge is 0.495 e. The molecule has 0 atom stereocenters. The summed E-state index contributed by atoms with van der Waals surface area (Å²) in [5.74, 6) is 4.92. The van der Waals surface area contributed by atoms with Gasteiger partial charge in [-0.2, -0.15) is 18.3 Å². The molecular formula is C9H8BrF3N2O. The first-order valence-electron chi connectivity index (χ1n) is 4.08. The Balaban J connectivity index is 3.51. The smallest absolute Gasteiger partial charge is 0.417 e. The Kier molecular flexibility index (Phi) is 3.79. The molecule has 0 saturated carbocycles. The lowest BCUT2D eigenvalue weighted by Crippen LogP contribution is -2.10. The first-order valence-corrected chi connectivity index (χ1v) is 4.88. The fourth-order valence-electron chi connectivity index (χ4n) is 1.23. The monoisotopic (exact) mass is 296 g/mol. The van der Waals surface area contributed by atoms with Crippen molar-refractivity contribution >= 4 is 22.1 Å². The van der Waals surface area contributed by atoms with Crippen LogP contribution >= 0.6 is 15.9 Å². The molecule has 2 N–H and O–H groups in total. The maximum absolute atomic E-state index is 12.6. The van der Waals surface area contributed by atoms with E-state index in [0.717, 1.165) is 12.3 Å². The van der Waals surface area contributed by atoms with Gasteiger partial charge in [0.15, 0.2) is 0 Å². The molecule has 7 heteroatoms. The number of nitrogens with two attached hydrogens (primary N) is 1. The number of nitrogens with zero attached hydrogens (tertiary/aromatic N) is 1. The van der Waals surface area contributed by atoms with Gasteiger partial charge in [-0.25, -0.2) is 0 Å². The average Bonchev–Trinajstić information content (AvgIpc) is 2.16. The van der Waals surface area contributed by atoms with E-state index in [0.29, 0.717) is 4.47 Å². The van der Waals surface area contributed by atoms with Crippen LogP contribution in [0.1, 0.15) is 11.1 Å². The molecule has 0 aliphatic carbocycles. The second kappa shape index (κ2) is 4.73. The minimum Gasteiger partial charge on any atom is -0.495 e. The molecule has 0 bridgehead atoms. The third kappa shape index (κ3) is 2.46. The minimum atomic E-state index is -4.48. The summed E-state index contributed by atoms with van der Waals surface area (Å²) in [4.78, 5) is 0. The number of halogens is 4. The van der Waals surface area contributed by atoms with E-state index < -0.39 is 11.7 Å². The fraction of sp³-hybridized carbons (Fsp3) is 0.222. The summed E-state index contributed by atoms with van der Waals surface area (Å²) in [6.45, 7) is 0. The third-order valence-corrected chi connectivity index (χ3v) is 2.49. The zero-order chi connectivity index (χ0) is 12.3. The van der Waals surface area contributed by atoms with Crippen LogP contribution in [0.4, 0.5) is 13.2 Å². The van der Waals surface area contributed by atoms with Gasteiger partial charge >= 0.3 is 6.18 Å². The van der Waals surface area contributed by atoms with Gasteiger partial charge in [0.2, 0.25) is 0 Å². The zero-order valence-corrected chi connectivity index (χ0v) is 9.76. The zero-order valence-electron chi connectivity index (χ0n) is 8.18. The van der Waals surface area contributed by atoms with Gasteiger partial charge in [0, 0.05) is 5.56 Å². The second-order valence-electron chi connectivity index (χ2n) is 2.82. The Labute approximate surface area is 98.2 Å². The Bertz CT molecular complexity index is 418. The first-order chi connectivity index (χ1) is 7.41. The molecular weight excluding hydrogens is 289 g/mol. The van der Waals surface area contributed by atoms with Crippen LogP contribution in [0.25, 0.3) is 0 Å². The average molecular weight is 297 g/mol. The number of hydrazone groups is 1. The lowest BCUT2D eigenvalue weighted by molar-refractivity contribution is -0.137. The van der Waals surface area contributed by atoms with E-state index in [1.807, 2.05) is 0 Å². The number of rotatable bonds is 2. The molecule has 1 rings (SSSR count). The van der Waals surface area contributed by atoms with E-state index in [1.165, 1.54) is 13.2 Å². The predicted molar refractivity (Wildman–Crippen MR) is 57.5 cm³/mol. The van der Waals surface area contributed by atoms with E-state index in [-0.39, 0.29) is 11.3 Å². The lowest BCUT2D eigenvalue weighted by Gasteiger charge is -2.14. The van der Waals surface area contributed by atoms with Crippen molar-refractivity contribution in [2.45, 2.75) is 6.18 Å². The molecule has 0 aliphatic heterocycles. The van der Waals surface area contributed by atoms with Crippen LogP contribution in [0.3, 0.4) is 0 Å². The maximum Gasteiger partial charge on any atom is 0.417 e. The van der Waals surface area contributed by atoms with Gasteiger partial charge < -0.3 is 10.6 Å².